The average molecular weight is 465 g/mol. The Morgan fingerprint density at radius 1 is 1.12 bits per heavy atom. The fraction of sp³-hybridized carbons (Fsp3) is 0.444. The van der Waals surface area contributed by atoms with Crippen molar-refractivity contribution in [3.63, 3.8) is 0 Å². The van der Waals surface area contributed by atoms with E-state index in [4.69, 9.17) is 10.5 Å². The molecule has 0 spiro atoms. The highest BCUT2D eigenvalue weighted by Gasteiger charge is 2.43. The summed E-state index contributed by atoms with van der Waals surface area (Å²) >= 11 is 0. The molecule has 1 unspecified atom stereocenters. The van der Waals surface area contributed by atoms with Crippen molar-refractivity contribution in [2.75, 3.05) is 6.61 Å². The average Bonchev–Trinajstić information content (AvgIpc) is 3.01. The summed E-state index contributed by atoms with van der Waals surface area (Å²) in [5.41, 5.74) is 7.79. The number of nitrogens with zero attached hydrogens (tertiary/aromatic N) is 2. The normalized spacial score (nSPS) is 17.7. The summed E-state index contributed by atoms with van der Waals surface area (Å²) < 4.78 is 5.64. The van der Waals surface area contributed by atoms with Gasteiger partial charge in [0.05, 0.1) is 13.2 Å². The molecule has 7 nitrogen and oxygen atoms in total. The molecule has 7 heteroatoms. The Bertz CT molecular complexity index is 1020. The van der Waals surface area contributed by atoms with Gasteiger partial charge in [-0.15, -0.1) is 0 Å². The molecule has 2 aromatic rings. The minimum atomic E-state index is -0.789. The van der Waals surface area contributed by atoms with Gasteiger partial charge in [-0.3, -0.25) is 14.5 Å². The van der Waals surface area contributed by atoms with Crippen molar-refractivity contribution >= 4 is 17.8 Å². The number of unbranched alkanes of at least 4 members (excludes halogenated alkanes) is 1. The molecular weight excluding hydrogens is 428 g/mol. The second-order valence-electron chi connectivity index (χ2n) is 9.46. The highest BCUT2D eigenvalue weighted by atomic mass is 16.5. The van der Waals surface area contributed by atoms with Crippen LogP contribution >= 0.6 is 0 Å². The predicted octanol–water partition coefficient (Wildman–Crippen LogP) is 4.26. The van der Waals surface area contributed by atoms with E-state index in [0.29, 0.717) is 37.6 Å². The first-order valence-electron chi connectivity index (χ1n) is 12.0. The fourth-order valence-corrected chi connectivity index (χ4v) is 4.10. The van der Waals surface area contributed by atoms with Crippen molar-refractivity contribution < 1.29 is 14.3 Å². The molecule has 0 fully saturated rings. The van der Waals surface area contributed by atoms with Crippen LogP contribution in [0.3, 0.4) is 0 Å². The van der Waals surface area contributed by atoms with Crippen LogP contribution in [0.25, 0.3) is 0 Å². The van der Waals surface area contributed by atoms with Gasteiger partial charge in [0.25, 0.3) is 11.8 Å². The number of hydrogen-bond donors (Lipinski definition) is 2. The molecule has 0 radical (unpaired) electrons. The van der Waals surface area contributed by atoms with Crippen LogP contribution in [-0.2, 0) is 17.9 Å². The van der Waals surface area contributed by atoms with Crippen LogP contribution < -0.4 is 15.8 Å². The van der Waals surface area contributed by atoms with Gasteiger partial charge in [0.1, 0.15) is 11.3 Å². The fourth-order valence-electron chi connectivity index (χ4n) is 4.10. The van der Waals surface area contributed by atoms with Crippen LogP contribution in [0, 0.1) is 5.92 Å². The lowest BCUT2D eigenvalue weighted by Gasteiger charge is -2.23. The van der Waals surface area contributed by atoms with Crippen LogP contribution in [-0.4, -0.2) is 34.8 Å². The first-order valence-corrected chi connectivity index (χ1v) is 12.0. The third kappa shape index (κ3) is 6.37. The zero-order chi connectivity index (χ0) is 24.7. The third-order valence-electron chi connectivity index (χ3n) is 5.85. The van der Waals surface area contributed by atoms with Crippen molar-refractivity contribution in [2.45, 2.75) is 65.6 Å². The molecule has 2 aromatic carbocycles. The van der Waals surface area contributed by atoms with Crippen molar-refractivity contribution in [3.8, 4) is 5.75 Å². The Morgan fingerprint density at radius 3 is 2.38 bits per heavy atom. The number of aliphatic imine (C=N–C) groups is 1. The number of carbonyl (C=O) groups excluding carboxylic acids is 2. The van der Waals surface area contributed by atoms with Gasteiger partial charge in [0.15, 0.2) is 5.96 Å². The maximum atomic E-state index is 12.9. The summed E-state index contributed by atoms with van der Waals surface area (Å²) in [6, 6.07) is 15.0. The van der Waals surface area contributed by atoms with E-state index in [1.165, 1.54) is 0 Å². The summed E-state index contributed by atoms with van der Waals surface area (Å²) in [5.74, 6) is 1.19. The molecule has 1 atom stereocenters. The van der Waals surface area contributed by atoms with E-state index in [1.54, 1.807) is 17.0 Å². The minimum Gasteiger partial charge on any atom is -0.494 e. The lowest BCUT2D eigenvalue weighted by atomic mass is 9.91. The van der Waals surface area contributed by atoms with E-state index in [-0.39, 0.29) is 17.8 Å². The lowest BCUT2D eigenvalue weighted by Crippen LogP contribution is -2.43. The number of nitrogens with two attached hydrogens (primary N) is 1. The third-order valence-corrected chi connectivity index (χ3v) is 5.85. The van der Waals surface area contributed by atoms with E-state index in [0.717, 1.165) is 29.7 Å². The van der Waals surface area contributed by atoms with Crippen molar-refractivity contribution in [2.24, 2.45) is 16.6 Å². The zero-order valence-corrected chi connectivity index (χ0v) is 20.6. The zero-order valence-electron chi connectivity index (χ0n) is 20.6. The lowest BCUT2D eigenvalue weighted by molar-refractivity contribution is -0.131. The Morgan fingerprint density at radius 2 is 1.76 bits per heavy atom. The molecule has 1 aliphatic rings. The predicted molar refractivity (Wildman–Crippen MR) is 134 cm³/mol. The first kappa shape index (κ1) is 25.3. The summed E-state index contributed by atoms with van der Waals surface area (Å²) in [7, 11) is 0. The molecule has 34 heavy (non-hydrogen) atoms. The SMILES string of the molecule is CCCCOc1ccc(C(=O)NCc2ccc(CN3C(=O)C(C)(CC(C)C)N=C3N)cc2)cc1. The topological polar surface area (TPSA) is 97.0 Å². The standard InChI is InChI=1S/C27H36N4O3/c1-5-6-15-34-23-13-11-22(12-14-23)24(32)29-17-20-7-9-21(10-8-20)18-31-25(33)27(4,16-19(2)3)30-26(31)28/h7-14,19H,5-6,15-18H2,1-4H3,(H2,28,30)(H,29,32). The Kier molecular flexibility index (Phi) is 8.31. The molecule has 0 saturated carbocycles. The maximum absolute atomic E-state index is 12.9. The van der Waals surface area contributed by atoms with Gasteiger partial charge in [0, 0.05) is 12.1 Å². The number of rotatable bonds is 11. The van der Waals surface area contributed by atoms with E-state index in [9.17, 15) is 9.59 Å². The van der Waals surface area contributed by atoms with Crippen molar-refractivity contribution in [1.82, 2.24) is 10.2 Å². The molecule has 0 bridgehead atoms. The number of guanidine groups is 1. The largest absolute Gasteiger partial charge is 0.494 e. The van der Waals surface area contributed by atoms with Gasteiger partial charge in [-0.25, -0.2) is 4.99 Å². The van der Waals surface area contributed by atoms with E-state index in [2.05, 4.69) is 31.1 Å². The van der Waals surface area contributed by atoms with Gasteiger partial charge in [-0.05, 0) is 61.1 Å². The van der Waals surface area contributed by atoms with Crippen molar-refractivity contribution in [1.29, 1.82) is 0 Å². The van der Waals surface area contributed by atoms with E-state index >= 15 is 0 Å². The molecule has 3 N–H and O–H groups in total. The molecule has 0 aliphatic carbocycles. The van der Waals surface area contributed by atoms with Crippen LogP contribution in [0.2, 0.25) is 0 Å². The second kappa shape index (κ2) is 11.2. The molecule has 182 valence electrons. The molecule has 3 rings (SSSR count). The number of benzene rings is 2. The molecule has 0 aromatic heterocycles. The minimum absolute atomic E-state index is 0.0585. The summed E-state index contributed by atoms with van der Waals surface area (Å²) in [6.07, 6.45) is 2.75. The first-order chi connectivity index (χ1) is 16.2. The maximum Gasteiger partial charge on any atom is 0.257 e. The smallest absolute Gasteiger partial charge is 0.257 e. The highest BCUT2D eigenvalue weighted by molar-refractivity contribution is 6.06. The van der Waals surface area contributed by atoms with E-state index in [1.807, 2.05) is 43.3 Å². The molecule has 0 saturated heterocycles. The summed E-state index contributed by atoms with van der Waals surface area (Å²) in [5, 5.41) is 2.94. The molecular formula is C27H36N4O3. The Hall–Kier alpha value is -3.35. The Balaban J connectivity index is 1.52. The monoisotopic (exact) mass is 464 g/mol. The number of hydrogen-bond acceptors (Lipinski definition) is 5. The quantitative estimate of drug-likeness (QED) is 0.486. The van der Waals surface area contributed by atoms with Crippen molar-refractivity contribution in [3.05, 3.63) is 65.2 Å². The number of amides is 2. The molecule has 1 heterocycles. The van der Waals surface area contributed by atoms with Gasteiger partial charge in [0.2, 0.25) is 0 Å². The Labute approximate surface area is 202 Å². The summed E-state index contributed by atoms with van der Waals surface area (Å²) in [6.45, 7) is 9.58. The van der Waals surface area contributed by atoms with Crippen LogP contribution in [0.15, 0.2) is 53.5 Å². The number of nitrogens with one attached hydrogen (secondary N) is 1. The summed E-state index contributed by atoms with van der Waals surface area (Å²) in [4.78, 5) is 31.4. The van der Waals surface area contributed by atoms with Crippen LogP contribution in [0.5, 0.6) is 5.75 Å². The van der Waals surface area contributed by atoms with Crippen LogP contribution in [0.4, 0.5) is 0 Å². The van der Waals surface area contributed by atoms with Gasteiger partial charge >= 0.3 is 0 Å². The molecule has 1 aliphatic heterocycles. The van der Waals surface area contributed by atoms with Gasteiger partial charge in [-0.2, -0.15) is 0 Å². The van der Waals surface area contributed by atoms with Gasteiger partial charge in [-0.1, -0.05) is 51.5 Å². The molecule has 2 amide bonds. The second-order valence-corrected chi connectivity index (χ2v) is 9.46. The van der Waals surface area contributed by atoms with Gasteiger partial charge < -0.3 is 15.8 Å². The van der Waals surface area contributed by atoms with E-state index < -0.39 is 5.54 Å². The number of ether oxygens (including phenoxy) is 1. The highest BCUT2D eigenvalue weighted by Crippen LogP contribution is 2.29. The van der Waals surface area contributed by atoms with Crippen LogP contribution in [0.1, 0.15) is 68.4 Å². The number of carbonyl (C=O) groups is 2.